The van der Waals surface area contributed by atoms with Gasteiger partial charge in [0.05, 0.1) is 30.6 Å². The first-order valence-corrected chi connectivity index (χ1v) is 10.5. The van der Waals surface area contributed by atoms with Gasteiger partial charge in [-0.2, -0.15) is 14.5 Å². The van der Waals surface area contributed by atoms with Crippen molar-refractivity contribution in [3.05, 3.63) is 29.8 Å². The third-order valence-corrected chi connectivity index (χ3v) is 6.71. The fraction of sp³-hybridized carbons (Fsp3) is 0.647. The van der Waals surface area contributed by atoms with Gasteiger partial charge in [0.1, 0.15) is 4.90 Å². The van der Waals surface area contributed by atoms with Gasteiger partial charge in [-0.1, -0.05) is 0 Å². The summed E-state index contributed by atoms with van der Waals surface area (Å²) in [7, 11) is 2.00. The summed E-state index contributed by atoms with van der Waals surface area (Å²) in [5.74, 6) is 0. The molecule has 10 heteroatoms. The third-order valence-electron chi connectivity index (χ3n) is 4.73. The molecule has 0 radical (unpaired) electrons. The average Bonchev–Trinajstić information content (AvgIpc) is 3.20. The third kappa shape index (κ3) is 3.93. The first kappa shape index (κ1) is 20.0. The molecule has 3 heterocycles. The summed E-state index contributed by atoms with van der Waals surface area (Å²) >= 11 is 0. The van der Waals surface area contributed by atoms with Crippen LogP contribution in [-0.4, -0.2) is 77.1 Å². The Kier molecular flexibility index (Phi) is 5.71. The SMILES string of the molecule is CCn1cc(S(=O)(=O)N2CCO[C@@H](CN(C)C)[C@@H]2c2cnn(C)c2)c(C)n1. The van der Waals surface area contributed by atoms with Crippen molar-refractivity contribution in [1.82, 2.24) is 28.8 Å². The second-order valence-corrected chi connectivity index (χ2v) is 8.97. The van der Waals surface area contributed by atoms with Crippen molar-refractivity contribution >= 4 is 10.0 Å². The van der Waals surface area contributed by atoms with E-state index in [2.05, 4.69) is 10.2 Å². The maximum absolute atomic E-state index is 13.5. The molecule has 27 heavy (non-hydrogen) atoms. The Morgan fingerprint density at radius 3 is 2.63 bits per heavy atom. The molecule has 1 aliphatic rings. The summed E-state index contributed by atoms with van der Waals surface area (Å²) in [6.07, 6.45) is 4.90. The molecule has 2 atom stereocenters. The molecule has 2 aromatic heterocycles. The van der Waals surface area contributed by atoms with Crippen molar-refractivity contribution in [3.63, 3.8) is 0 Å². The van der Waals surface area contributed by atoms with Crippen LogP contribution in [0.1, 0.15) is 24.2 Å². The summed E-state index contributed by atoms with van der Waals surface area (Å²) < 4.78 is 37.9. The number of rotatable bonds is 6. The summed E-state index contributed by atoms with van der Waals surface area (Å²) in [6.45, 7) is 5.55. The lowest BCUT2D eigenvalue weighted by atomic mass is 10.0. The van der Waals surface area contributed by atoms with E-state index in [0.717, 1.165) is 5.56 Å². The Hall–Kier alpha value is -1.75. The topological polar surface area (TPSA) is 85.5 Å². The van der Waals surface area contributed by atoms with E-state index in [1.165, 1.54) is 0 Å². The minimum Gasteiger partial charge on any atom is -0.373 e. The lowest BCUT2D eigenvalue weighted by Gasteiger charge is -2.40. The molecule has 0 unspecified atom stereocenters. The summed E-state index contributed by atoms with van der Waals surface area (Å²) in [5.41, 5.74) is 1.34. The first-order valence-electron chi connectivity index (χ1n) is 9.04. The highest BCUT2D eigenvalue weighted by molar-refractivity contribution is 7.89. The van der Waals surface area contributed by atoms with Crippen molar-refractivity contribution < 1.29 is 13.2 Å². The summed E-state index contributed by atoms with van der Waals surface area (Å²) in [4.78, 5) is 2.26. The summed E-state index contributed by atoms with van der Waals surface area (Å²) in [6, 6.07) is -0.441. The summed E-state index contributed by atoms with van der Waals surface area (Å²) in [5, 5.41) is 8.55. The maximum atomic E-state index is 13.5. The van der Waals surface area contributed by atoms with Gasteiger partial charge in [0.15, 0.2) is 0 Å². The second-order valence-electron chi connectivity index (χ2n) is 7.11. The van der Waals surface area contributed by atoms with E-state index in [9.17, 15) is 8.42 Å². The second kappa shape index (κ2) is 7.70. The number of hydrogen-bond donors (Lipinski definition) is 0. The number of likely N-dealkylation sites (N-methyl/N-ethyl adjacent to an activating group) is 1. The molecule has 2 aromatic rings. The van der Waals surface area contributed by atoms with Crippen LogP contribution in [0.15, 0.2) is 23.5 Å². The first-order chi connectivity index (χ1) is 12.7. The van der Waals surface area contributed by atoms with Gasteiger partial charge in [-0.25, -0.2) is 8.42 Å². The molecule has 0 saturated carbocycles. The van der Waals surface area contributed by atoms with Crippen LogP contribution in [0.5, 0.6) is 0 Å². The highest BCUT2D eigenvalue weighted by atomic mass is 32.2. The Bertz CT molecular complexity index is 888. The standard InChI is InChI=1S/C17H28N6O3S/c1-6-22-12-16(13(2)19-22)27(24,25)23-7-8-26-15(11-20(3)4)17(23)14-9-18-21(5)10-14/h9-10,12,15,17H,6-8,11H2,1-5H3/t15-,17-/m0/s1. The maximum Gasteiger partial charge on any atom is 0.247 e. The van der Waals surface area contributed by atoms with Crippen LogP contribution < -0.4 is 0 Å². The van der Waals surface area contributed by atoms with E-state index in [1.54, 1.807) is 33.0 Å². The van der Waals surface area contributed by atoms with Gasteiger partial charge in [-0.15, -0.1) is 0 Å². The molecule has 150 valence electrons. The molecule has 0 bridgehead atoms. The number of hydrogen-bond acceptors (Lipinski definition) is 6. The van der Waals surface area contributed by atoms with Crippen LogP contribution in [0.25, 0.3) is 0 Å². The Balaban J connectivity index is 2.05. The molecule has 1 fully saturated rings. The smallest absolute Gasteiger partial charge is 0.247 e. The van der Waals surface area contributed by atoms with Crippen LogP contribution >= 0.6 is 0 Å². The predicted octanol–water partition coefficient (Wildman–Crippen LogP) is 0.637. The minimum atomic E-state index is -3.72. The fourth-order valence-corrected chi connectivity index (χ4v) is 5.30. The van der Waals surface area contributed by atoms with Crippen LogP contribution in [0.2, 0.25) is 0 Å². The van der Waals surface area contributed by atoms with Gasteiger partial charge in [0, 0.05) is 44.6 Å². The van der Waals surface area contributed by atoms with Crippen molar-refractivity contribution in [3.8, 4) is 0 Å². The quantitative estimate of drug-likeness (QED) is 0.712. The van der Waals surface area contributed by atoms with E-state index in [0.29, 0.717) is 31.9 Å². The van der Waals surface area contributed by atoms with Crippen molar-refractivity contribution in [2.24, 2.45) is 7.05 Å². The lowest BCUT2D eigenvalue weighted by molar-refractivity contribution is -0.0514. The molecule has 0 N–H and O–H groups in total. The van der Waals surface area contributed by atoms with Gasteiger partial charge in [0.2, 0.25) is 10.0 Å². The number of nitrogens with zero attached hydrogens (tertiary/aromatic N) is 6. The molecular weight excluding hydrogens is 368 g/mol. The van der Waals surface area contributed by atoms with Gasteiger partial charge >= 0.3 is 0 Å². The fourth-order valence-electron chi connectivity index (χ4n) is 3.51. The molecule has 0 aromatic carbocycles. The van der Waals surface area contributed by atoms with E-state index in [-0.39, 0.29) is 11.0 Å². The molecule has 0 aliphatic carbocycles. The van der Waals surface area contributed by atoms with Gasteiger partial charge in [0.25, 0.3) is 0 Å². The average molecular weight is 397 g/mol. The minimum absolute atomic E-state index is 0.253. The highest BCUT2D eigenvalue weighted by Crippen LogP contribution is 2.35. The normalized spacial score (nSPS) is 21.9. The number of aryl methyl sites for hydroxylation is 3. The zero-order valence-electron chi connectivity index (χ0n) is 16.5. The van der Waals surface area contributed by atoms with Gasteiger partial charge in [-0.3, -0.25) is 9.36 Å². The van der Waals surface area contributed by atoms with Crippen LogP contribution in [-0.2, 0) is 28.4 Å². The predicted molar refractivity (Wildman–Crippen MR) is 101 cm³/mol. The van der Waals surface area contributed by atoms with Gasteiger partial charge in [-0.05, 0) is 27.9 Å². The van der Waals surface area contributed by atoms with E-state index in [4.69, 9.17) is 4.74 Å². The molecule has 3 rings (SSSR count). The van der Waals surface area contributed by atoms with Crippen molar-refractivity contribution in [2.45, 2.75) is 37.4 Å². The van der Waals surface area contributed by atoms with Crippen LogP contribution in [0.4, 0.5) is 0 Å². The number of sulfonamides is 1. The van der Waals surface area contributed by atoms with E-state index >= 15 is 0 Å². The van der Waals surface area contributed by atoms with Gasteiger partial charge < -0.3 is 9.64 Å². The number of morpholine rings is 1. The zero-order valence-corrected chi connectivity index (χ0v) is 17.3. The van der Waals surface area contributed by atoms with Crippen LogP contribution in [0.3, 0.4) is 0 Å². The van der Waals surface area contributed by atoms with Crippen molar-refractivity contribution in [2.75, 3.05) is 33.8 Å². The van der Waals surface area contributed by atoms with E-state index < -0.39 is 16.1 Å². The van der Waals surface area contributed by atoms with E-state index in [1.807, 2.05) is 39.2 Å². The number of aromatic nitrogens is 4. The number of ether oxygens (including phenoxy) is 1. The molecular formula is C17H28N6O3S. The lowest BCUT2D eigenvalue weighted by Crippen LogP contribution is -2.51. The van der Waals surface area contributed by atoms with Crippen LogP contribution in [0, 0.1) is 6.92 Å². The Labute approximate surface area is 160 Å². The molecule has 0 amide bonds. The molecule has 0 spiro atoms. The Morgan fingerprint density at radius 2 is 2.07 bits per heavy atom. The molecule has 9 nitrogen and oxygen atoms in total. The van der Waals surface area contributed by atoms with Crippen molar-refractivity contribution in [1.29, 1.82) is 0 Å². The largest absolute Gasteiger partial charge is 0.373 e. The molecule has 1 saturated heterocycles. The Morgan fingerprint density at radius 1 is 1.33 bits per heavy atom. The molecule has 1 aliphatic heterocycles. The highest BCUT2D eigenvalue weighted by Gasteiger charge is 2.42. The monoisotopic (exact) mass is 396 g/mol. The zero-order chi connectivity index (χ0) is 19.8.